The van der Waals surface area contributed by atoms with Crippen LogP contribution in [0.25, 0.3) is 0 Å². The van der Waals surface area contributed by atoms with Gasteiger partial charge in [0.1, 0.15) is 6.10 Å². The first-order chi connectivity index (χ1) is 8.60. The molecule has 96 valence electrons. The van der Waals surface area contributed by atoms with E-state index in [0.29, 0.717) is 24.6 Å². The molecule has 1 aromatic heterocycles. The Bertz CT molecular complexity index is 534. The van der Waals surface area contributed by atoms with Gasteiger partial charge in [0.15, 0.2) is 5.82 Å². The van der Waals surface area contributed by atoms with E-state index >= 15 is 0 Å². The molecule has 0 fully saturated rings. The highest BCUT2D eigenvalue weighted by atomic mass is 16.5. The third-order valence-electron chi connectivity index (χ3n) is 3.10. The molecule has 1 atom stereocenters. The van der Waals surface area contributed by atoms with E-state index in [4.69, 9.17) is 4.52 Å². The lowest BCUT2D eigenvalue weighted by Gasteiger charge is -2.02. The van der Waals surface area contributed by atoms with Crippen molar-refractivity contribution >= 4 is 0 Å². The molecule has 2 rings (SSSR count). The highest BCUT2D eigenvalue weighted by Gasteiger charge is 2.13. The van der Waals surface area contributed by atoms with E-state index in [2.05, 4.69) is 42.2 Å². The van der Waals surface area contributed by atoms with Crippen molar-refractivity contribution < 1.29 is 9.63 Å². The standard InChI is InChI=1S/C14H18N2O2/c1-4-12(17)14-15-13(18-16-14)8-11-6-5-9(2)10(3)7-11/h5-7,12,17H,4,8H2,1-3H3. The van der Waals surface area contributed by atoms with Crippen LogP contribution in [0.2, 0.25) is 0 Å². The van der Waals surface area contributed by atoms with Crippen molar-refractivity contribution in [1.82, 2.24) is 10.1 Å². The van der Waals surface area contributed by atoms with Gasteiger partial charge in [-0.2, -0.15) is 4.98 Å². The van der Waals surface area contributed by atoms with E-state index in [9.17, 15) is 5.11 Å². The predicted octanol–water partition coefficient (Wildman–Crippen LogP) is 2.72. The van der Waals surface area contributed by atoms with Gasteiger partial charge in [-0.25, -0.2) is 0 Å². The third-order valence-corrected chi connectivity index (χ3v) is 3.10. The number of nitrogens with zero attached hydrogens (tertiary/aromatic N) is 2. The minimum absolute atomic E-state index is 0.372. The van der Waals surface area contributed by atoms with Gasteiger partial charge in [0.2, 0.25) is 5.89 Å². The lowest BCUT2D eigenvalue weighted by Crippen LogP contribution is -1.98. The van der Waals surface area contributed by atoms with Crippen LogP contribution in [0.1, 0.15) is 47.9 Å². The lowest BCUT2D eigenvalue weighted by molar-refractivity contribution is 0.159. The molecule has 0 saturated heterocycles. The minimum Gasteiger partial charge on any atom is -0.385 e. The molecule has 1 aromatic carbocycles. The summed E-state index contributed by atoms with van der Waals surface area (Å²) >= 11 is 0. The molecule has 0 aliphatic heterocycles. The van der Waals surface area contributed by atoms with E-state index in [1.807, 2.05) is 6.92 Å². The molecule has 2 aromatic rings. The van der Waals surface area contributed by atoms with Crippen LogP contribution in [0.4, 0.5) is 0 Å². The molecule has 0 radical (unpaired) electrons. The normalized spacial score (nSPS) is 12.7. The van der Waals surface area contributed by atoms with Crippen LogP contribution in [0.5, 0.6) is 0 Å². The summed E-state index contributed by atoms with van der Waals surface area (Å²) in [4.78, 5) is 4.20. The zero-order chi connectivity index (χ0) is 13.1. The molecular formula is C14H18N2O2. The molecule has 0 aliphatic carbocycles. The van der Waals surface area contributed by atoms with E-state index in [0.717, 1.165) is 5.56 Å². The smallest absolute Gasteiger partial charge is 0.231 e. The minimum atomic E-state index is -0.637. The first kappa shape index (κ1) is 12.8. The predicted molar refractivity (Wildman–Crippen MR) is 68.3 cm³/mol. The fourth-order valence-electron chi connectivity index (χ4n) is 1.75. The number of aryl methyl sites for hydroxylation is 2. The van der Waals surface area contributed by atoms with Gasteiger partial charge in [-0.05, 0) is 37.0 Å². The molecule has 4 nitrogen and oxygen atoms in total. The van der Waals surface area contributed by atoms with E-state index < -0.39 is 6.10 Å². The Balaban J connectivity index is 2.13. The Morgan fingerprint density at radius 2 is 2.06 bits per heavy atom. The lowest BCUT2D eigenvalue weighted by atomic mass is 10.0. The number of benzene rings is 1. The van der Waals surface area contributed by atoms with Gasteiger partial charge >= 0.3 is 0 Å². The second-order valence-corrected chi connectivity index (χ2v) is 4.57. The van der Waals surface area contributed by atoms with Gasteiger partial charge in [0.25, 0.3) is 0 Å². The van der Waals surface area contributed by atoms with Crippen LogP contribution in [0, 0.1) is 13.8 Å². The average molecular weight is 246 g/mol. The molecular weight excluding hydrogens is 228 g/mol. The maximum absolute atomic E-state index is 9.60. The Morgan fingerprint density at radius 1 is 1.28 bits per heavy atom. The SMILES string of the molecule is CCC(O)c1noc(Cc2ccc(C)c(C)c2)n1. The van der Waals surface area contributed by atoms with Crippen LogP contribution in [-0.4, -0.2) is 15.2 Å². The van der Waals surface area contributed by atoms with Crippen molar-refractivity contribution in [2.75, 3.05) is 0 Å². The van der Waals surface area contributed by atoms with Crippen LogP contribution in [0.3, 0.4) is 0 Å². The van der Waals surface area contributed by atoms with Gasteiger partial charge in [-0.1, -0.05) is 30.3 Å². The van der Waals surface area contributed by atoms with Crippen LogP contribution in [-0.2, 0) is 6.42 Å². The molecule has 1 unspecified atom stereocenters. The van der Waals surface area contributed by atoms with Crippen LogP contribution in [0.15, 0.2) is 22.7 Å². The van der Waals surface area contributed by atoms with Crippen molar-refractivity contribution in [1.29, 1.82) is 0 Å². The monoisotopic (exact) mass is 246 g/mol. The fraction of sp³-hybridized carbons (Fsp3) is 0.429. The number of aliphatic hydroxyl groups excluding tert-OH is 1. The fourth-order valence-corrected chi connectivity index (χ4v) is 1.75. The molecule has 18 heavy (non-hydrogen) atoms. The first-order valence-electron chi connectivity index (χ1n) is 6.16. The van der Waals surface area contributed by atoms with E-state index in [1.165, 1.54) is 11.1 Å². The summed E-state index contributed by atoms with van der Waals surface area (Å²) < 4.78 is 5.14. The molecule has 4 heteroatoms. The van der Waals surface area contributed by atoms with E-state index in [1.54, 1.807) is 0 Å². The molecule has 0 aliphatic rings. The highest BCUT2D eigenvalue weighted by molar-refractivity contribution is 5.31. The second-order valence-electron chi connectivity index (χ2n) is 4.57. The maximum Gasteiger partial charge on any atom is 0.231 e. The molecule has 0 bridgehead atoms. The van der Waals surface area contributed by atoms with Crippen LogP contribution < -0.4 is 0 Å². The number of hydrogen-bond acceptors (Lipinski definition) is 4. The zero-order valence-corrected chi connectivity index (χ0v) is 11.0. The summed E-state index contributed by atoms with van der Waals surface area (Å²) in [5, 5.41) is 13.4. The topological polar surface area (TPSA) is 59.2 Å². The zero-order valence-electron chi connectivity index (χ0n) is 11.0. The first-order valence-corrected chi connectivity index (χ1v) is 6.16. The Kier molecular flexibility index (Phi) is 3.77. The largest absolute Gasteiger partial charge is 0.385 e. The number of aromatic nitrogens is 2. The van der Waals surface area contributed by atoms with E-state index in [-0.39, 0.29) is 0 Å². The van der Waals surface area contributed by atoms with Gasteiger partial charge in [-0.3, -0.25) is 0 Å². The van der Waals surface area contributed by atoms with Crippen molar-refractivity contribution in [2.24, 2.45) is 0 Å². The summed E-state index contributed by atoms with van der Waals surface area (Å²) in [6.45, 7) is 6.05. The molecule has 0 saturated carbocycles. The number of rotatable bonds is 4. The quantitative estimate of drug-likeness (QED) is 0.901. The maximum atomic E-state index is 9.60. The summed E-state index contributed by atoms with van der Waals surface area (Å²) in [7, 11) is 0. The third kappa shape index (κ3) is 2.76. The second kappa shape index (κ2) is 5.31. The van der Waals surface area contributed by atoms with Crippen molar-refractivity contribution in [3.05, 3.63) is 46.6 Å². The average Bonchev–Trinajstić information content (AvgIpc) is 2.81. The van der Waals surface area contributed by atoms with Gasteiger partial charge in [-0.15, -0.1) is 0 Å². The molecule has 0 spiro atoms. The van der Waals surface area contributed by atoms with Crippen molar-refractivity contribution in [2.45, 2.75) is 39.7 Å². The van der Waals surface area contributed by atoms with Crippen molar-refractivity contribution in [3.63, 3.8) is 0 Å². The summed E-state index contributed by atoms with van der Waals surface area (Å²) in [6.07, 6.45) is 0.551. The van der Waals surface area contributed by atoms with Crippen molar-refractivity contribution in [3.8, 4) is 0 Å². The summed E-state index contributed by atoms with van der Waals surface area (Å²) in [6, 6.07) is 6.26. The summed E-state index contributed by atoms with van der Waals surface area (Å²) in [5.41, 5.74) is 3.66. The van der Waals surface area contributed by atoms with Gasteiger partial charge < -0.3 is 9.63 Å². The van der Waals surface area contributed by atoms with Gasteiger partial charge in [0.05, 0.1) is 6.42 Å². The van der Waals surface area contributed by atoms with Gasteiger partial charge in [0, 0.05) is 0 Å². The van der Waals surface area contributed by atoms with Crippen LogP contribution >= 0.6 is 0 Å². The Labute approximate surface area is 107 Å². The summed E-state index contributed by atoms with van der Waals surface area (Å²) in [5.74, 6) is 0.914. The molecule has 1 heterocycles. The molecule has 1 N–H and O–H groups in total. The Morgan fingerprint density at radius 3 is 2.72 bits per heavy atom. The Hall–Kier alpha value is -1.68. The molecule has 0 amide bonds. The highest BCUT2D eigenvalue weighted by Crippen LogP contribution is 2.16. The number of hydrogen-bond donors (Lipinski definition) is 1. The number of aliphatic hydroxyl groups is 1.